The molecule has 0 radical (unpaired) electrons. The molecule has 0 spiro atoms. The van der Waals surface area contributed by atoms with Crippen LogP contribution in [0.1, 0.15) is 10.0 Å². The Labute approximate surface area is 76.8 Å². The van der Waals surface area contributed by atoms with Crippen LogP contribution in [-0.2, 0) is 12.8 Å². The van der Waals surface area contributed by atoms with E-state index in [-0.39, 0.29) is 5.01 Å². The highest BCUT2D eigenvalue weighted by molar-refractivity contribution is 7.11. The van der Waals surface area contributed by atoms with Gasteiger partial charge in [-0.1, -0.05) is 0 Å². The first kappa shape index (κ1) is 10.4. The Kier molecular flexibility index (Phi) is 3.21. The first-order chi connectivity index (χ1) is 6.01. The van der Waals surface area contributed by atoms with E-state index in [1.165, 1.54) is 0 Å². The van der Waals surface area contributed by atoms with Gasteiger partial charge in [-0.25, -0.2) is 0 Å². The number of halogens is 3. The van der Waals surface area contributed by atoms with Gasteiger partial charge < -0.3 is 5.73 Å². The Balaban J connectivity index is 2.59. The fourth-order valence-corrected chi connectivity index (χ4v) is 1.65. The van der Waals surface area contributed by atoms with Crippen LogP contribution in [0.5, 0.6) is 0 Å². The van der Waals surface area contributed by atoms with Crippen LogP contribution in [0, 0.1) is 0 Å². The van der Waals surface area contributed by atoms with Gasteiger partial charge >= 0.3 is 6.18 Å². The summed E-state index contributed by atoms with van der Waals surface area (Å²) in [5, 5.41) is 7.55. The summed E-state index contributed by atoms with van der Waals surface area (Å²) in [4.78, 5) is 0. The molecule has 0 fully saturated rings. The summed E-state index contributed by atoms with van der Waals surface area (Å²) in [7, 11) is 0. The molecule has 2 N–H and O–H groups in total. The Hall–Kier alpha value is -0.690. The molecule has 1 heterocycles. The number of rotatable bonds is 3. The van der Waals surface area contributed by atoms with Gasteiger partial charge in [-0.3, -0.25) is 0 Å². The summed E-state index contributed by atoms with van der Waals surface area (Å²) in [5.74, 6) is 0. The van der Waals surface area contributed by atoms with Gasteiger partial charge in [0.15, 0.2) is 0 Å². The zero-order chi connectivity index (χ0) is 9.90. The van der Waals surface area contributed by atoms with E-state index in [2.05, 4.69) is 10.2 Å². The van der Waals surface area contributed by atoms with Crippen molar-refractivity contribution in [2.75, 3.05) is 6.54 Å². The maximum Gasteiger partial charge on any atom is 0.395 e. The first-order valence-electron chi connectivity index (χ1n) is 3.59. The highest BCUT2D eigenvalue weighted by Crippen LogP contribution is 2.23. The molecular weight excluding hydrogens is 203 g/mol. The molecule has 0 bridgehead atoms. The summed E-state index contributed by atoms with van der Waals surface area (Å²) < 4.78 is 35.6. The number of nitrogens with zero attached hydrogens (tertiary/aromatic N) is 2. The fourth-order valence-electron chi connectivity index (χ4n) is 0.756. The van der Waals surface area contributed by atoms with E-state index in [9.17, 15) is 13.2 Å². The molecule has 0 aliphatic heterocycles. The van der Waals surface area contributed by atoms with Gasteiger partial charge in [0.2, 0.25) is 0 Å². The largest absolute Gasteiger partial charge is 0.395 e. The molecule has 13 heavy (non-hydrogen) atoms. The van der Waals surface area contributed by atoms with Gasteiger partial charge in [0, 0.05) is 6.42 Å². The van der Waals surface area contributed by atoms with Crippen LogP contribution in [0.2, 0.25) is 0 Å². The Bertz CT molecular complexity index is 270. The average Bonchev–Trinajstić information content (AvgIpc) is 2.33. The molecule has 0 aromatic carbocycles. The Morgan fingerprint density at radius 1 is 1.23 bits per heavy atom. The summed E-state index contributed by atoms with van der Waals surface area (Å²) >= 11 is 0.962. The maximum atomic E-state index is 11.9. The van der Waals surface area contributed by atoms with Crippen molar-refractivity contribution in [2.45, 2.75) is 19.0 Å². The molecule has 0 unspecified atom stereocenters. The second kappa shape index (κ2) is 4.01. The van der Waals surface area contributed by atoms with Crippen LogP contribution >= 0.6 is 11.3 Å². The minimum Gasteiger partial charge on any atom is -0.330 e. The Morgan fingerprint density at radius 2 is 1.85 bits per heavy atom. The van der Waals surface area contributed by atoms with Crippen molar-refractivity contribution in [3.8, 4) is 0 Å². The second-order valence-electron chi connectivity index (χ2n) is 2.42. The van der Waals surface area contributed by atoms with Gasteiger partial charge in [-0.15, -0.1) is 21.5 Å². The van der Waals surface area contributed by atoms with Crippen LogP contribution in [0.25, 0.3) is 0 Å². The lowest BCUT2D eigenvalue weighted by atomic mass is 10.4. The highest BCUT2D eigenvalue weighted by atomic mass is 32.1. The standard InChI is InChI=1S/C6H8F3N3S/c7-6(8,9)3-5-12-11-4(13-5)1-2-10/h1-3,10H2. The summed E-state index contributed by atoms with van der Waals surface area (Å²) in [6, 6.07) is 0. The van der Waals surface area contributed by atoms with Gasteiger partial charge in [0.05, 0.1) is 6.42 Å². The van der Waals surface area contributed by atoms with E-state index in [0.29, 0.717) is 18.0 Å². The van der Waals surface area contributed by atoms with E-state index in [4.69, 9.17) is 5.73 Å². The zero-order valence-corrected chi connectivity index (χ0v) is 7.45. The van der Waals surface area contributed by atoms with Crippen LogP contribution < -0.4 is 5.73 Å². The third-order valence-corrected chi connectivity index (χ3v) is 2.20. The SMILES string of the molecule is NCCc1nnc(CC(F)(F)F)s1. The monoisotopic (exact) mass is 211 g/mol. The van der Waals surface area contributed by atoms with Gasteiger partial charge in [0.1, 0.15) is 10.0 Å². The van der Waals surface area contributed by atoms with Gasteiger partial charge in [0.25, 0.3) is 0 Å². The third kappa shape index (κ3) is 3.69. The lowest BCUT2D eigenvalue weighted by molar-refractivity contribution is -0.127. The molecule has 1 aromatic rings. The smallest absolute Gasteiger partial charge is 0.330 e. The molecule has 3 nitrogen and oxygen atoms in total. The van der Waals surface area contributed by atoms with E-state index in [0.717, 1.165) is 11.3 Å². The first-order valence-corrected chi connectivity index (χ1v) is 4.41. The number of hydrogen-bond acceptors (Lipinski definition) is 4. The molecule has 0 saturated carbocycles. The normalized spacial score (nSPS) is 12.0. The number of alkyl halides is 3. The molecule has 0 amide bonds. The third-order valence-electron chi connectivity index (χ3n) is 1.22. The molecule has 1 aromatic heterocycles. The maximum absolute atomic E-state index is 11.9. The van der Waals surface area contributed by atoms with Crippen molar-refractivity contribution >= 4 is 11.3 Å². The quantitative estimate of drug-likeness (QED) is 0.815. The van der Waals surface area contributed by atoms with Crippen molar-refractivity contribution in [1.82, 2.24) is 10.2 Å². The van der Waals surface area contributed by atoms with E-state index in [1.807, 2.05) is 0 Å². The molecule has 0 aliphatic carbocycles. The van der Waals surface area contributed by atoms with Crippen molar-refractivity contribution in [3.63, 3.8) is 0 Å². The van der Waals surface area contributed by atoms with E-state index < -0.39 is 12.6 Å². The van der Waals surface area contributed by atoms with Crippen molar-refractivity contribution in [2.24, 2.45) is 5.73 Å². The van der Waals surface area contributed by atoms with Crippen molar-refractivity contribution in [3.05, 3.63) is 10.0 Å². The number of hydrogen-bond donors (Lipinski definition) is 1. The molecule has 1 rings (SSSR count). The average molecular weight is 211 g/mol. The summed E-state index contributed by atoms with van der Waals surface area (Å²) in [6.45, 7) is 0.376. The van der Waals surface area contributed by atoms with E-state index in [1.54, 1.807) is 0 Å². The van der Waals surface area contributed by atoms with Gasteiger partial charge in [-0.05, 0) is 6.54 Å². The second-order valence-corrected chi connectivity index (χ2v) is 3.57. The van der Waals surface area contributed by atoms with E-state index >= 15 is 0 Å². The minimum atomic E-state index is -4.21. The number of nitrogens with two attached hydrogens (primary N) is 1. The lowest BCUT2D eigenvalue weighted by Crippen LogP contribution is -2.11. The van der Waals surface area contributed by atoms with Crippen LogP contribution in [0.4, 0.5) is 13.2 Å². The van der Waals surface area contributed by atoms with Crippen LogP contribution in [-0.4, -0.2) is 22.9 Å². The lowest BCUT2D eigenvalue weighted by Gasteiger charge is -2.00. The fraction of sp³-hybridized carbons (Fsp3) is 0.667. The molecule has 0 saturated heterocycles. The van der Waals surface area contributed by atoms with Crippen LogP contribution in [0.3, 0.4) is 0 Å². The minimum absolute atomic E-state index is 0.00375. The Morgan fingerprint density at radius 3 is 2.38 bits per heavy atom. The predicted octanol–water partition coefficient (Wildman–Crippen LogP) is 1.14. The molecule has 0 atom stereocenters. The highest BCUT2D eigenvalue weighted by Gasteiger charge is 2.29. The predicted molar refractivity (Wildman–Crippen MR) is 42.4 cm³/mol. The molecule has 7 heteroatoms. The van der Waals surface area contributed by atoms with Crippen molar-refractivity contribution in [1.29, 1.82) is 0 Å². The number of aromatic nitrogens is 2. The summed E-state index contributed by atoms with van der Waals surface area (Å²) in [6.07, 6.45) is -4.73. The molecule has 74 valence electrons. The van der Waals surface area contributed by atoms with Crippen molar-refractivity contribution < 1.29 is 13.2 Å². The van der Waals surface area contributed by atoms with Crippen LogP contribution in [0.15, 0.2) is 0 Å². The summed E-state index contributed by atoms with van der Waals surface area (Å²) in [5.41, 5.74) is 5.21. The zero-order valence-electron chi connectivity index (χ0n) is 6.64. The molecular formula is C6H8F3N3S. The molecule has 0 aliphatic rings. The topological polar surface area (TPSA) is 51.8 Å². The van der Waals surface area contributed by atoms with Gasteiger partial charge in [-0.2, -0.15) is 13.2 Å².